The highest BCUT2D eigenvalue weighted by Crippen LogP contribution is 2.60. The van der Waals surface area contributed by atoms with Gasteiger partial charge in [-0.1, -0.05) is 24.5 Å². The Kier molecular flexibility index (Phi) is 7.63. The van der Waals surface area contributed by atoms with Crippen LogP contribution >= 0.6 is 38.1 Å². The molecule has 4 aromatic rings. The van der Waals surface area contributed by atoms with Gasteiger partial charge in [-0.15, -0.1) is 0 Å². The molecule has 0 amide bonds. The number of anilines is 2. The number of fused-ring (bicyclic) bond motifs is 4. The van der Waals surface area contributed by atoms with Crippen LogP contribution in [0.1, 0.15) is 12.5 Å². The van der Waals surface area contributed by atoms with Crippen molar-refractivity contribution >= 4 is 72.1 Å². The van der Waals surface area contributed by atoms with E-state index in [2.05, 4.69) is 54.4 Å². The summed E-state index contributed by atoms with van der Waals surface area (Å²) in [7, 11) is 0. The van der Waals surface area contributed by atoms with E-state index in [4.69, 9.17) is 39.0 Å². The lowest BCUT2D eigenvalue weighted by Gasteiger charge is -2.28. The molecule has 7 heterocycles. The lowest BCUT2D eigenvalue weighted by molar-refractivity contribution is -0.0561. The average Bonchev–Trinajstić information content (AvgIpc) is 3.73. The largest absolute Gasteiger partial charge is 0.386 e. The number of nitrogens with zero attached hydrogens (tertiary/aromatic N) is 8. The summed E-state index contributed by atoms with van der Waals surface area (Å²) in [6, 6.07) is 0. The number of aromatic nitrogens is 8. The van der Waals surface area contributed by atoms with Gasteiger partial charge >= 0.3 is 13.6 Å². The number of hydrogen-bond donors (Lipinski definition) is 6. The van der Waals surface area contributed by atoms with Gasteiger partial charge in [0.25, 0.3) is 0 Å². The molecule has 0 saturated carbocycles. The normalized spacial score (nSPS) is 38.3. The van der Waals surface area contributed by atoms with Gasteiger partial charge in [-0.05, 0) is 0 Å². The summed E-state index contributed by atoms with van der Waals surface area (Å²) < 4.78 is 63.9. The minimum absolute atomic E-state index is 0.101. The van der Waals surface area contributed by atoms with Gasteiger partial charge < -0.3 is 31.2 Å². The van der Waals surface area contributed by atoms with Crippen molar-refractivity contribution in [2.24, 2.45) is 0 Å². The lowest BCUT2D eigenvalue weighted by Crippen LogP contribution is -2.38. The molecule has 236 valence electrons. The maximum atomic E-state index is 13.4. The SMILES string of the molecule is Nc1ncnc2c1ncn2[C@@H]1O[C@@H]2CO[P@@](=O)(S)O[C@H]3[C@@H](O)[C@H](n4cnc5c(N)ncnc54)O[C@@H]3CO[P@@](=O)(S)O[C@H]2[C@H]1O. The Morgan fingerprint density at radius 3 is 1.55 bits per heavy atom. The van der Waals surface area contributed by atoms with Crippen LogP contribution in [0.3, 0.4) is 0 Å². The van der Waals surface area contributed by atoms with Crippen LogP contribution in [0.5, 0.6) is 0 Å². The molecule has 0 spiro atoms. The number of nitrogen functional groups attached to an aromatic ring is 2. The van der Waals surface area contributed by atoms with Gasteiger partial charge in [0.15, 0.2) is 35.4 Å². The van der Waals surface area contributed by atoms with Gasteiger partial charge in [0, 0.05) is 0 Å². The zero-order valence-corrected chi connectivity index (χ0v) is 25.6. The molecule has 44 heavy (non-hydrogen) atoms. The molecule has 3 aliphatic heterocycles. The molecule has 3 saturated heterocycles. The van der Waals surface area contributed by atoms with Crippen LogP contribution in [0.15, 0.2) is 25.3 Å². The van der Waals surface area contributed by atoms with Crippen molar-refractivity contribution in [2.75, 3.05) is 24.7 Å². The molecule has 6 N–H and O–H groups in total. The molecule has 0 bridgehead atoms. The van der Waals surface area contributed by atoms with Gasteiger partial charge in [-0.25, -0.2) is 39.0 Å². The van der Waals surface area contributed by atoms with E-state index in [1.54, 1.807) is 0 Å². The van der Waals surface area contributed by atoms with E-state index >= 15 is 0 Å². The van der Waals surface area contributed by atoms with E-state index in [1.807, 2.05) is 0 Å². The summed E-state index contributed by atoms with van der Waals surface area (Å²) in [5.41, 5.74) is 12.7. The van der Waals surface area contributed by atoms with Crippen LogP contribution in [-0.4, -0.2) is 99.1 Å². The highest BCUT2D eigenvalue weighted by molar-refractivity contribution is 8.44. The Balaban J connectivity index is 1.17. The van der Waals surface area contributed by atoms with Crippen molar-refractivity contribution in [3.05, 3.63) is 25.3 Å². The molecular formula is C20H24N10O10P2S2. The number of ether oxygens (including phenoxy) is 2. The first kappa shape index (κ1) is 30.2. The minimum Gasteiger partial charge on any atom is -0.386 e. The predicted octanol–water partition coefficient (Wildman–Crippen LogP) is 0.240. The number of rotatable bonds is 2. The van der Waals surface area contributed by atoms with E-state index in [0.29, 0.717) is 0 Å². The topological polar surface area (TPSA) is 269 Å². The second-order valence-corrected chi connectivity index (χ2v) is 15.7. The monoisotopic (exact) mass is 690 g/mol. The van der Waals surface area contributed by atoms with E-state index in [9.17, 15) is 19.3 Å². The third-order valence-electron chi connectivity index (χ3n) is 7.26. The number of hydrogen-bond acceptors (Lipinski definition) is 18. The number of nitrogens with two attached hydrogens (primary N) is 2. The molecule has 24 heteroatoms. The predicted molar refractivity (Wildman–Crippen MR) is 154 cm³/mol. The number of aliphatic hydroxyl groups excluding tert-OH is 2. The molecule has 3 aliphatic rings. The van der Waals surface area contributed by atoms with Crippen LogP contribution in [-0.2, 0) is 36.7 Å². The maximum Gasteiger partial charge on any atom is 0.386 e. The highest BCUT2D eigenvalue weighted by Gasteiger charge is 2.53. The van der Waals surface area contributed by atoms with Crippen molar-refractivity contribution in [1.29, 1.82) is 0 Å². The molecule has 4 aromatic heterocycles. The highest BCUT2D eigenvalue weighted by atomic mass is 32.7. The average molecular weight is 691 g/mol. The third-order valence-corrected chi connectivity index (χ3v) is 10.5. The quantitative estimate of drug-likeness (QED) is 0.121. The van der Waals surface area contributed by atoms with Crippen LogP contribution in [0.4, 0.5) is 11.6 Å². The van der Waals surface area contributed by atoms with Crippen molar-refractivity contribution in [3.8, 4) is 0 Å². The van der Waals surface area contributed by atoms with Gasteiger partial charge in [-0.2, -0.15) is 0 Å². The molecule has 7 rings (SSSR count). The molecule has 3 fully saturated rings. The second kappa shape index (κ2) is 11.1. The van der Waals surface area contributed by atoms with Gasteiger partial charge in [0.1, 0.15) is 60.3 Å². The van der Waals surface area contributed by atoms with Gasteiger partial charge in [0.05, 0.1) is 25.9 Å². The lowest BCUT2D eigenvalue weighted by atomic mass is 10.1. The molecular weight excluding hydrogens is 666 g/mol. The maximum absolute atomic E-state index is 13.4. The van der Waals surface area contributed by atoms with Crippen molar-refractivity contribution < 1.29 is 46.9 Å². The Morgan fingerprint density at radius 2 is 1.14 bits per heavy atom. The molecule has 20 nitrogen and oxygen atoms in total. The molecule has 0 aromatic carbocycles. The Morgan fingerprint density at radius 1 is 0.727 bits per heavy atom. The summed E-state index contributed by atoms with van der Waals surface area (Å²) in [5, 5.41) is 22.5. The van der Waals surface area contributed by atoms with Crippen molar-refractivity contribution in [2.45, 2.75) is 49.1 Å². The zero-order chi connectivity index (χ0) is 31.0. The fraction of sp³-hybridized carbons (Fsp3) is 0.500. The smallest absolute Gasteiger partial charge is 0.386 e. The number of aliphatic hydroxyl groups is 2. The summed E-state index contributed by atoms with van der Waals surface area (Å²) in [6.07, 6.45) is -5.50. The molecule has 0 radical (unpaired) electrons. The zero-order valence-electron chi connectivity index (χ0n) is 22.0. The minimum atomic E-state index is -4.26. The van der Waals surface area contributed by atoms with Crippen LogP contribution in [0.2, 0.25) is 0 Å². The van der Waals surface area contributed by atoms with Gasteiger partial charge in [0.2, 0.25) is 0 Å². The number of imidazole rings is 2. The molecule has 0 aliphatic carbocycles. The summed E-state index contributed by atoms with van der Waals surface area (Å²) in [6.45, 7) is -9.59. The number of thiol groups is 2. The van der Waals surface area contributed by atoms with Crippen molar-refractivity contribution in [1.82, 2.24) is 39.0 Å². The first-order valence-corrected chi connectivity index (χ1v) is 18.2. The van der Waals surface area contributed by atoms with Gasteiger partial charge in [-0.3, -0.25) is 27.2 Å². The van der Waals surface area contributed by atoms with E-state index in [-0.39, 0.29) is 34.0 Å². The van der Waals surface area contributed by atoms with Crippen LogP contribution < -0.4 is 11.5 Å². The van der Waals surface area contributed by atoms with E-state index in [1.165, 1.54) is 34.4 Å². The molecule has 10 atom stereocenters. The standard InChI is InChI=1S/C20H24N10O10P2S2/c21-15-9-17(25-3-23-15)29(5-27-9)19-11(31)13-7(37-19)1-35-41(33,43)40-14-8(2-36-42(34,44)39-13)38-20(12(14)32)30-6-28-10-16(22)24-4-26-18(10)30/h3-8,11-14,19-20,31-32H,1-2H2,(H,33,43)(H,34,44)(H2,21,23,25)(H2,22,24,26)/t7-,8-,11-,12-,13-,14-,19-,20-,41-,42-/m1/s1. The van der Waals surface area contributed by atoms with Crippen LogP contribution in [0, 0.1) is 0 Å². The third kappa shape index (κ3) is 5.27. The van der Waals surface area contributed by atoms with E-state index in [0.717, 1.165) is 0 Å². The van der Waals surface area contributed by atoms with E-state index < -0.39 is 75.9 Å². The van der Waals surface area contributed by atoms with Crippen molar-refractivity contribution in [3.63, 3.8) is 0 Å². The fourth-order valence-corrected chi connectivity index (χ4v) is 8.23. The molecule has 0 unspecified atom stereocenters. The first-order chi connectivity index (χ1) is 20.9. The summed E-state index contributed by atoms with van der Waals surface area (Å²) >= 11 is 8.16. The summed E-state index contributed by atoms with van der Waals surface area (Å²) in [5.74, 6) is 0.203. The Hall–Kier alpha value is -2.46. The Labute approximate surface area is 256 Å². The summed E-state index contributed by atoms with van der Waals surface area (Å²) in [4.78, 5) is 24.4. The first-order valence-electron chi connectivity index (χ1n) is 12.8. The fourth-order valence-electron chi connectivity index (χ4n) is 5.24. The van der Waals surface area contributed by atoms with Crippen LogP contribution in [0.25, 0.3) is 22.3 Å². The second-order valence-electron chi connectivity index (χ2n) is 9.95. The Bertz CT molecular complexity index is 1700.